The van der Waals surface area contributed by atoms with E-state index in [9.17, 15) is 12.8 Å². The maximum Gasteiger partial charge on any atom is 0.208 e. The molecule has 0 spiro atoms. The molecule has 0 saturated carbocycles. The van der Waals surface area contributed by atoms with Gasteiger partial charge in [-0.1, -0.05) is 0 Å². The van der Waals surface area contributed by atoms with Crippen molar-refractivity contribution >= 4 is 44.0 Å². The van der Waals surface area contributed by atoms with E-state index in [4.69, 9.17) is 5.73 Å². The second-order valence-corrected chi connectivity index (χ2v) is 6.44. The van der Waals surface area contributed by atoms with Crippen LogP contribution >= 0.6 is 22.6 Å². The Bertz CT molecular complexity index is 507. The van der Waals surface area contributed by atoms with Crippen molar-refractivity contribution in [3.63, 3.8) is 0 Å². The van der Waals surface area contributed by atoms with Gasteiger partial charge in [-0.3, -0.25) is 0 Å². The van der Waals surface area contributed by atoms with Crippen molar-refractivity contribution < 1.29 is 12.8 Å². The van der Waals surface area contributed by atoms with Crippen LogP contribution < -0.4 is 15.8 Å². The number of benzene rings is 1. The number of nitrogens with one attached hydrogen (secondary N) is 2. The first-order valence-corrected chi connectivity index (χ1v) is 7.69. The molecule has 0 amide bonds. The van der Waals surface area contributed by atoms with Crippen LogP contribution in [0.4, 0.5) is 15.8 Å². The third-order valence-corrected chi connectivity index (χ3v) is 3.45. The summed E-state index contributed by atoms with van der Waals surface area (Å²) in [4.78, 5) is 0. The molecule has 1 aromatic carbocycles. The Morgan fingerprint density at radius 1 is 1.41 bits per heavy atom. The number of sulfonamides is 1. The molecule has 0 saturated heterocycles. The maximum absolute atomic E-state index is 13.2. The maximum atomic E-state index is 13.2. The van der Waals surface area contributed by atoms with Gasteiger partial charge in [0.2, 0.25) is 10.0 Å². The third-order valence-electron chi connectivity index (χ3n) is 1.90. The third kappa shape index (κ3) is 5.04. The smallest absolute Gasteiger partial charge is 0.208 e. The molecule has 0 radical (unpaired) electrons. The zero-order chi connectivity index (χ0) is 13.1. The predicted octanol–water partition coefficient (Wildman–Crippen LogP) is 0.974. The molecule has 0 heterocycles. The lowest BCUT2D eigenvalue weighted by molar-refractivity contribution is 0.589. The Hall–Kier alpha value is -0.610. The molecule has 0 unspecified atom stereocenters. The quantitative estimate of drug-likeness (QED) is 0.408. The van der Waals surface area contributed by atoms with E-state index in [0.717, 1.165) is 6.26 Å². The minimum Gasteiger partial charge on any atom is -0.397 e. The van der Waals surface area contributed by atoms with E-state index >= 15 is 0 Å². The van der Waals surface area contributed by atoms with Crippen LogP contribution in [0, 0.1) is 9.39 Å². The molecule has 17 heavy (non-hydrogen) atoms. The van der Waals surface area contributed by atoms with Gasteiger partial charge in [-0.05, 0) is 28.7 Å². The summed E-state index contributed by atoms with van der Waals surface area (Å²) in [6.07, 6.45) is 1.08. The first kappa shape index (κ1) is 14.5. The normalized spacial score (nSPS) is 11.5. The van der Waals surface area contributed by atoms with Gasteiger partial charge in [0.1, 0.15) is 5.82 Å². The second kappa shape index (κ2) is 5.83. The van der Waals surface area contributed by atoms with E-state index in [2.05, 4.69) is 10.0 Å². The van der Waals surface area contributed by atoms with Crippen LogP contribution in [0.2, 0.25) is 0 Å². The van der Waals surface area contributed by atoms with Crippen LogP contribution in [0.3, 0.4) is 0 Å². The monoisotopic (exact) mass is 373 g/mol. The summed E-state index contributed by atoms with van der Waals surface area (Å²) in [6.45, 7) is 0.545. The van der Waals surface area contributed by atoms with Crippen molar-refractivity contribution in [1.82, 2.24) is 4.72 Å². The van der Waals surface area contributed by atoms with Gasteiger partial charge in [-0.15, -0.1) is 0 Å². The van der Waals surface area contributed by atoms with Gasteiger partial charge in [-0.25, -0.2) is 17.5 Å². The first-order chi connectivity index (χ1) is 7.79. The molecule has 0 aliphatic rings. The van der Waals surface area contributed by atoms with Crippen LogP contribution in [0.5, 0.6) is 0 Å². The molecule has 0 atom stereocenters. The molecular weight excluding hydrogens is 360 g/mol. The Balaban J connectivity index is 2.55. The number of hydrogen-bond donors (Lipinski definition) is 3. The van der Waals surface area contributed by atoms with E-state index in [0.29, 0.717) is 21.5 Å². The van der Waals surface area contributed by atoms with Gasteiger partial charge in [0.15, 0.2) is 0 Å². The number of nitrogen functional groups attached to an aromatic ring is 1. The van der Waals surface area contributed by atoms with E-state index in [1.807, 2.05) is 22.6 Å². The highest BCUT2D eigenvalue weighted by Crippen LogP contribution is 2.23. The van der Waals surface area contributed by atoms with Gasteiger partial charge < -0.3 is 11.1 Å². The van der Waals surface area contributed by atoms with Crippen molar-refractivity contribution in [2.75, 3.05) is 30.4 Å². The standard InChI is InChI=1S/C9H13FIN3O2S/c1-17(15,16)14-3-2-13-9-4-6(10)7(11)5-8(9)12/h4-5,13-14H,2-3,12H2,1H3. The van der Waals surface area contributed by atoms with Crippen molar-refractivity contribution in [3.8, 4) is 0 Å². The second-order valence-electron chi connectivity index (χ2n) is 3.45. The molecule has 96 valence electrons. The van der Waals surface area contributed by atoms with Gasteiger partial charge in [0.05, 0.1) is 21.2 Å². The fraction of sp³-hybridized carbons (Fsp3) is 0.333. The number of hydrogen-bond acceptors (Lipinski definition) is 4. The van der Waals surface area contributed by atoms with E-state index in [-0.39, 0.29) is 12.4 Å². The van der Waals surface area contributed by atoms with Crippen molar-refractivity contribution in [3.05, 3.63) is 21.5 Å². The summed E-state index contributed by atoms with van der Waals surface area (Å²) in [5, 5.41) is 2.86. The number of halogens is 2. The Morgan fingerprint density at radius 3 is 2.65 bits per heavy atom. The molecule has 1 rings (SSSR count). The van der Waals surface area contributed by atoms with Gasteiger partial charge in [0.25, 0.3) is 0 Å². The minimum absolute atomic E-state index is 0.214. The molecule has 0 bridgehead atoms. The topological polar surface area (TPSA) is 84.2 Å². The zero-order valence-corrected chi connectivity index (χ0v) is 12.1. The lowest BCUT2D eigenvalue weighted by Gasteiger charge is -2.10. The minimum atomic E-state index is -3.20. The summed E-state index contributed by atoms with van der Waals surface area (Å²) in [5.41, 5.74) is 6.57. The number of anilines is 2. The molecule has 0 aliphatic carbocycles. The highest BCUT2D eigenvalue weighted by molar-refractivity contribution is 14.1. The summed E-state index contributed by atoms with van der Waals surface area (Å²) in [6, 6.07) is 2.81. The van der Waals surface area contributed by atoms with Gasteiger partial charge in [0, 0.05) is 19.2 Å². The van der Waals surface area contributed by atoms with Gasteiger partial charge >= 0.3 is 0 Å². The average Bonchev–Trinajstić information content (AvgIpc) is 2.18. The molecule has 8 heteroatoms. The summed E-state index contributed by atoms with van der Waals surface area (Å²) in [7, 11) is -3.20. The fourth-order valence-electron chi connectivity index (χ4n) is 1.15. The van der Waals surface area contributed by atoms with Gasteiger partial charge in [-0.2, -0.15) is 0 Å². The SMILES string of the molecule is CS(=O)(=O)NCCNc1cc(F)c(I)cc1N. The highest BCUT2D eigenvalue weighted by Gasteiger charge is 2.05. The lowest BCUT2D eigenvalue weighted by Crippen LogP contribution is -2.27. The molecule has 0 aromatic heterocycles. The summed E-state index contributed by atoms with van der Waals surface area (Å²) in [5.74, 6) is -0.363. The van der Waals surface area contributed by atoms with Crippen LogP contribution in [-0.4, -0.2) is 27.8 Å². The Kier molecular flexibility index (Phi) is 4.95. The molecule has 1 aromatic rings. The highest BCUT2D eigenvalue weighted by atomic mass is 127. The summed E-state index contributed by atoms with van der Waals surface area (Å²) < 4.78 is 37.6. The fourth-order valence-corrected chi connectivity index (χ4v) is 2.11. The molecule has 0 fully saturated rings. The Morgan fingerprint density at radius 2 is 2.06 bits per heavy atom. The van der Waals surface area contributed by atoms with E-state index in [1.165, 1.54) is 12.1 Å². The molecule has 0 aliphatic heterocycles. The Labute approximate surface area is 113 Å². The van der Waals surface area contributed by atoms with Crippen molar-refractivity contribution in [1.29, 1.82) is 0 Å². The predicted molar refractivity (Wildman–Crippen MR) is 74.9 cm³/mol. The van der Waals surface area contributed by atoms with E-state index in [1.54, 1.807) is 0 Å². The first-order valence-electron chi connectivity index (χ1n) is 4.72. The van der Waals surface area contributed by atoms with Crippen LogP contribution in [0.1, 0.15) is 0 Å². The largest absolute Gasteiger partial charge is 0.397 e. The van der Waals surface area contributed by atoms with E-state index < -0.39 is 10.0 Å². The molecular formula is C9H13FIN3O2S. The zero-order valence-electron chi connectivity index (χ0n) is 9.13. The van der Waals surface area contributed by atoms with Crippen molar-refractivity contribution in [2.45, 2.75) is 0 Å². The lowest BCUT2D eigenvalue weighted by atomic mass is 10.2. The number of rotatable bonds is 5. The molecule has 4 N–H and O–H groups in total. The van der Waals surface area contributed by atoms with Crippen LogP contribution in [0.15, 0.2) is 12.1 Å². The summed E-state index contributed by atoms with van der Waals surface area (Å²) >= 11 is 1.85. The van der Waals surface area contributed by atoms with Crippen LogP contribution in [-0.2, 0) is 10.0 Å². The number of nitrogens with two attached hydrogens (primary N) is 1. The average molecular weight is 373 g/mol. The molecule has 5 nitrogen and oxygen atoms in total. The van der Waals surface area contributed by atoms with Crippen molar-refractivity contribution in [2.24, 2.45) is 0 Å². The van der Waals surface area contributed by atoms with Crippen LogP contribution in [0.25, 0.3) is 0 Å².